The van der Waals surface area contributed by atoms with Crippen LogP contribution in [0.5, 0.6) is 0 Å². The number of para-hydroxylation sites is 2. The van der Waals surface area contributed by atoms with Crippen LogP contribution in [-0.4, -0.2) is 72.3 Å². The number of aryl methyl sites for hydroxylation is 1. The van der Waals surface area contributed by atoms with Gasteiger partial charge in [-0.1, -0.05) is 95.5 Å². The van der Waals surface area contributed by atoms with Crippen molar-refractivity contribution in [3.63, 3.8) is 0 Å². The average molecular weight is 553 g/mol. The number of nitrogens with zero attached hydrogens (tertiary/aromatic N) is 2. The Morgan fingerprint density at radius 2 is 0.933 bits per heavy atom. The third-order valence-electron chi connectivity index (χ3n) is 8.74. The van der Waals surface area contributed by atoms with Crippen LogP contribution in [0.3, 0.4) is 0 Å². The van der Waals surface area contributed by atoms with Gasteiger partial charge in [0.25, 0.3) is 0 Å². The first-order valence-corrected chi connectivity index (χ1v) is 14.5. The Morgan fingerprint density at radius 1 is 0.489 bits per heavy atom. The van der Waals surface area contributed by atoms with Gasteiger partial charge in [0.1, 0.15) is 68.6 Å². The van der Waals surface area contributed by atoms with Crippen LogP contribution in [0, 0.1) is 0 Å². The van der Waals surface area contributed by atoms with Crippen molar-refractivity contribution >= 4 is 139 Å². The quantitative estimate of drug-likeness (QED) is 0.214. The van der Waals surface area contributed by atoms with Crippen LogP contribution in [0.25, 0.3) is 60.5 Å². The molecule has 0 fully saturated rings. The second-order valence-corrected chi connectivity index (χ2v) is 11.2. The number of benzene rings is 6. The molecule has 0 N–H and O–H groups in total. The second kappa shape index (κ2) is 11.0. The van der Waals surface area contributed by atoms with Crippen LogP contribution in [-0.2, 0) is 6.42 Å². The molecule has 0 aliphatic rings. The maximum atomic E-state index is 6.90. The van der Waals surface area contributed by atoms with Gasteiger partial charge in [0.05, 0.1) is 16.7 Å². The minimum Gasteiger partial charge on any atom is -0.295 e. The summed E-state index contributed by atoms with van der Waals surface area (Å²) in [5, 5.41) is 2.26. The Balaban J connectivity index is 1.76. The molecule has 0 bridgehead atoms. The molecule has 0 saturated carbocycles. The van der Waals surface area contributed by atoms with Crippen LogP contribution in [0.2, 0.25) is 0 Å². The van der Waals surface area contributed by atoms with E-state index in [2.05, 4.69) is 12.1 Å². The first-order valence-electron chi connectivity index (χ1n) is 14.5. The summed E-state index contributed by atoms with van der Waals surface area (Å²) in [6.45, 7) is 2.03. The van der Waals surface area contributed by atoms with E-state index in [1.165, 1.54) is 0 Å². The topological polar surface area (TPSA) is 17.8 Å². The van der Waals surface area contributed by atoms with Crippen molar-refractivity contribution in [3.8, 4) is 27.9 Å². The lowest BCUT2D eigenvalue weighted by Crippen LogP contribution is -2.50. The molecular formula is C35H18B8N2. The molecule has 0 amide bonds. The lowest BCUT2D eigenvalue weighted by atomic mass is 9.60. The summed E-state index contributed by atoms with van der Waals surface area (Å²) in [6, 6.07) is 26.0. The zero-order chi connectivity index (χ0) is 31.7. The number of rotatable bonds is 4. The van der Waals surface area contributed by atoms with E-state index >= 15 is 0 Å². The van der Waals surface area contributed by atoms with Crippen molar-refractivity contribution in [1.82, 2.24) is 9.55 Å². The van der Waals surface area contributed by atoms with E-state index in [-0.39, 0.29) is 43.7 Å². The molecule has 0 spiro atoms. The van der Waals surface area contributed by atoms with E-state index in [0.717, 1.165) is 33.5 Å². The van der Waals surface area contributed by atoms with Crippen molar-refractivity contribution in [2.75, 3.05) is 0 Å². The van der Waals surface area contributed by atoms with Crippen molar-refractivity contribution in [3.05, 3.63) is 84.7 Å². The van der Waals surface area contributed by atoms with Crippen LogP contribution in [0.1, 0.15) is 12.7 Å². The molecule has 0 saturated heterocycles. The standard InChI is InChI=1S/C35H18B8N2/c1-2-21-44-19-10-6-7-11-20(19)45(21)35-25-23(27(36)31(40)33(42)29(25)38)22(24-26(35)30(39)34(43)32(41)28(24)37)18-14-12-17(13-15-18)16-8-4-3-5-9-16/h3-15H,2H2,1H3. The minimum atomic E-state index is 0.170. The summed E-state index contributed by atoms with van der Waals surface area (Å²) < 4.78 is 2.03. The van der Waals surface area contributed by atoms with E-state index in [1.54, 1.807) is 0 Å². The fourth-order valence-electron chi connectivity index (χ4n) is 6.45. The molecule has 16 radical (unpaired) electrons. The number of hydrogen-bond donors (Lipinski definition) is 0. The fraction of sp³-hybridized carbons (Fsp3) is 0.0571. The lowest BCUT2D eigenvalue weighted by molar-refractivity contribution is 0.917. The van der Waals surface area contributed by atoms with Gasteiger partial charge in [-0.3, -0.25) is 4.57 Å². The summed E-state index contributed by atoms with van der Waals surface area (Å²) in [4.78, 5) is 4.93. The average Bonchev–Trinajstić information content (AvgIpc) is 3.45. The Kier molecular flexibility index (Phi) is 7.23. The Labute approximate surface area is 273 Å². The number of imidazole rings is 1. The highest BCUT2D eigenvalue weighted by Crippen LogP contribution is 2.39. The first kappa shape index (κ1) is 29.5. The van der Waals surface area contributed by atoms with Crippen molar-refractivity contribution in [1.29, 1.82) is 0 Å². The Hall–Kier alpha value is -4.17. The molecule has 7 rings (SSSR count). The number of hydrogen-bond acceptors (Lipinski definition) is 1. The molecule has 0 atom stereocenters. The maximum Gasteiger partial charge on any atom is 0.114 e. The fourth-order valence-corrected chi connectivity index (χ4v) is 6.45. The smallest absolute Gasteiger partial charge is 0.114 e. The zero-order valence-corrected chi connectivity index (χ0v) is 24.7. The molecule has 0 aliphatic heterocycles. The van der Waals surface area contributed by atoms with E-state index in [4.69, 9.17) is 67.8 Å². The van der Waals surface area contributed by atoms with Crippen molar-refractivity contribution < 1.29 is 0 Å². The first-order chi connectivity index (χ1) is 21.6. The van der Waals surface area contributed by atoms with E-state index in [9.17, 15) is 0 Å². The number of fused-ring (bicyclic) bond motifs is 3. The number of aromatic nitrogens is 2. The van der Waals surface area contributed by atoms with Crippen LogP contribution in [0.15, 0.2) is 78.9 Å². The predicted molar refractivity (Wildman–Crippen MR) is 199 cm³/mol. The zero-order valence-electron chi connectivity index (χ0n) is 24.7. The van der Waals surface area contributed by atoms with Crippen molar-refractivity contribution in [2.24, 2.45) is 0 Å². The van der Waals surface area contributed by atoms with Crippen LogP contribution in [0.4, 0.5) is 0 Å². The van der Waals surface area contributed by atoms with Gasteiger partial charge in [-0.25, -0.2) is 4.98 Å². The third-order valence-corrected chi connectivity index (χ3v) is 8.74. The minimum absolute atomic E-state index is 0.170. The summed E-state index contributed by atoms with van der Waals surface area (Å²) in [5.74, 6) is 0.764. The van der Waals surface area contributed by atoms with Gasteiger partial charge in [0.15, 0.2) is 0 Å². The molecule has 0 unspecified atom stereocenters. The van der Waals surface area contributed by atoms with Gasteiger partial charge < -0.3 is 0 Å². The van der Waals surface area contributed by atoms with Crippen LogP contribution >= 0.6 is 0 Å². The highest BCUT2D eigenvalue weighted by molar-refractivity contribution is 6.70. The normalized spacial score (nSPS) is 11.6. The van der Waals surface area contributed by atoms with Gasteiger partial charge in [-0.2, -0.15) is 0 Å². The summed E-state index contributed by atoms with van der Waals surface area (Å²) in [7, 11) is 53.7. The molecule has 2 nitrogen and oxygen atoms in total. The third kappa shape index (κ3) is 4.32. The predicted octanol–water partition coefficient (Wildman–Crippen LogP) is -0.421. The largest absolute Gasteiger partial charge is 0.295 e. The summed E-state index contributed by atoms with van der Waals surface area (Å²) >= 11 is 0. The van der Waals surface area contributed by atoms with E-state index in [0.29, 0.717) is 39.2 Å². The molecule has 7 aromatic rings. The van der Waals surface area contributed by atoms with Crippen LogP contribution < -0.4 is 43.7 Å². The molecule has 1 heterocycles. The Bertz CT molecular complexity index is 2250. The van der Waals surface area contributed by atoms with E-state index in [1.807, 2.05) is 78.2 Å². The van der Waals surface area contributed by atoms with E-state index < -0.39 is 0 Å². The molecule has 45 heavy (non-hydrogen) atoms. The second-order valence-electron chi connectivity index (χ2n) is 11.2. The summed E-state index contributed by atoms with van der Waals surface area (Å²) in [5.41, 5.74) is 7.52. The molecule has 1 aromatic heterocycles. The van der Waals surface area contributed by atoms with Gasteiger partial charge in [-0.15, -0.1) is 21.9 Å². The molecule has 6 aromatic carbocycles. The van der Waals surface area contributed by atoms with Gasteiger partial charge in [0, 0.05) is 6.42 Å². The highest BCUT2D eigenvalue weighted by atomic mass is 15.1. The lowest BCUT2D eigenvalue weighted by Gasteiger charge is -2.29. The van der Waals surface area contributed by atoms with Gasteiger partial charge >= 0.3 is 0 Å². The SMILES string of the molecule is [B]c1c([B])c([B])c2c(-n3c(CC)nc4ccccc43)c3c([B])c([B])c([B])c([B])c3c(-c3ccc(-c4ccccc4)cc3)c2c1[B]. The molecule has 192 valence electrons. The molecule has 0 aliphatic carbocycles. The maximum absolute atomic E-state index is 6.90. The summed E-state index contributed by atoms with van der Waals surface area (Å²) in [6.07, 6.45) is 0.597. The highest BCUT2D eigenvalue weighted by Gasteiger charge is 2.26. The van der Waals surface area contributed by atoms with Gasteiger partial charge in [0.2, 0.25) is 0 Å². The molecular weight excluding hydrogens is 535 g/mol. The monoisotopic (exact) mass is 554 g/mol. The van der Waals surface area contributed by atoms with Crippen molar-refractivity contribution in [2.45, 2.75) is 13.3 Å². The Morgan fingerprint density at radius 3 is 1.47 bits per heavy atom. The van der Waals surface area contributed by atoms with Gasteiger partial charge in [-0.05, 0) is 55.9 Å². The molecule has 10 heteroatoms.